The second-order valence-electron chi connectivity index (χ2n) is 6.91. The molecule has 3 nitrogen and oxygen atoms in total. The van der Waals surface area contributed by atoms with E-state index in [4.69, 9.17) is 11.6 Å². The molecule has 0 amide bonds. The van der Waals surface area contributed by atoms with E-state index in [2.05, 4.69) is 15.5 Å². The van der Waals surface area contributed by atoms with Gasteiger partial charge >= 0.3 is 6.18 Å². The molecule has 29 heavy (non-hydrogen) atoms. The highest BCUT2D eigenvalue weighted by Crippen LogP contribution is 2.36. The van der Waals surface area contributed by atoms with E-state index in [1.165, 1.54) is 12.1 Å². The second-order valence-corrected chi connectivity index (χ2v) is 7.31. The molecule has 0 unspecified atom stereocenters. The van der Waals surface area contributed by atoms with E-state index in [1.54, 1.807) is 12.1 Å². The van der Waals surface area contributed by atoms with E-state index in [0.29, 0.717) is 17.8 Å². The number of hydrogen-bond acceptors (Lipinski definition) is 3. The standard InChI is InChI=1S/C21H16ClF4N3/c22-17-10-12(2-4-18(17)23)16-7-8-27-11-14-9-13(1-3-15(14)16)19-5-6-20(29-28-19)21(24,25)26/h1-6,9-10,16,27H,7-8,11H2/t16-/m1/s1. The highest BCUT2D eigenvalue weighted by atomic mass is 35.5. The zero-order chi connectivity index (χ0) is 20.6. The minimum absolute atomic E-state index is 0.0332. The zero-order valence-corrected chi connectivity index (χ0v) is 15.9. The summed E-state index contributed by atoms with van der Waals surface area (Å²) in [6, 6.07) is 12.7. The van der Waals surface area contributed by atoms with Crippen LogP contribution in [0.4, 0.5) is 17.6 Å². The van der Waals surface area contributed by atoms with Gasteiger partial charge in [0.25, 0.3) is 0 Å². The first-order valence-corrected chi connectivity index (χ1v) is 9.40. The summed E-state index contributed by atoms with van der Waals surface area (Å²) in [5.41, 5.74) is 3.03. The average molecular weight is 422 g/mol. The number of alkyl halides is 3. The monoisotopic (exact) mass is 421 g/mol. The van der Waals surface area contributed by atoms with Crippen molar-refractivity contribution in [2.24, 2.45) is 0 Å². The molecule has 0 saturated carbocycles. The van der Waals surface area contributed by atoms with Gasteiger partial charge in [-0.15, -0.1) is 10.2 Å². The summed E-state index contributed by atoms with van der Waals surface area (Å²) in [6.07, 6.45) is -3.71. The van der Waals surface area contributed by atoms with Crippen LogP contribution in [0, 0.1) is 5.82 Å². The second kappa shape index (κ2) is 7.72. The van der Waals surface area contributed by atoms with E-state index in [-0.39, 0.29) is 10.9 Å². The normalized spacial score (nSPS) is 16.9. The smallest absolute Gasteiger partial charge is 0.313 e. The molecule has 0 spiro atoms. The van der Waals surface area contributed by atoms with Crippen LogP contribution in [0.25, 0.3) is 11.3 Å². The molecule has 0 aliphatic carbocycles. The largest absolute Gasteiger partial charge is 0.435 e. The van der Waals surface area contributed by atoms with Crippen molar-refractivity contribution in [3.8, 4) is 11.3 Å². The van der Waals surface area contributed by atoms with Crippen LogP contribution in [0.15, 0.2) is 48.5 Å². The summed E-state index contributed by atoms with van der Waals surface area (Å²) in [5, 5.41) is 10.5. The molecule has 3 aromatic rings. The Morgan fingerprint density at radius 3 is 2.52 bits per heavy atom. The van der Waals surface area contributed by atoms with Crippen molar-refractivity contribution >= 4 is 11.6 Å². The van der Waals surface area contributed by atoms with Gasteiger partial charge in [0.1, 0.15) is 5.82 Å². The molecule has 1 atom stereocenters. The molecule has 0 radical (unpaired) electrons. The molecule has 1 N–H and O–H groups in total. The van der Waals surface area contributed by atoms with E-state index >= 15 is 0 Å². The zero-order valence-electron chi connectivity index (χ0n) is 15.1. The molecule has 1 aromatic heterocycles. The lowest BCUT2D eigenvalue weighted by Gasteiger charge is -2.19. The minimum atomic E-state index is -4.52. The molecule has 150 valence electrons. The van der Waals surface area contributed by atoms with E-state index in [0.717, 1.165) is 35.7 Å². The first-order chi connectivity index (χ1) is 13.8. The number of rotatable bonds is 2. The van der Waals surface area contributed by atoms with Crippen molar-refractivity contribution in [3.05, 3.63) is 81.8 Å². The Hall–Kier alpha value is -2.51. The van der Waals surface area contributed by atoms with Crippen molar-refractivity contribution in [3.63, 3.8) is 0 Å². The maximum atomic E-state index is 13.6. The van der Waals surface area contributed by atoms with Crippen LogP contribution in [0.3, 0.4) is 0 Å². The summed E-state index contributed by atoms with van der Waals surface area (Å²) in [4.78, 5) is 0. The van der Waals surface area contributed by atoms with Gasteiger partial charge in [0.05, 0.1) is 10.7 Å². The van der Waals surface area contributed by atoms with Gasteiger partial charge in [-0.05, 0) is 60.0 Å². The van der Waals surface area contributed by atoms with Crippen molar-refractivity contribution in [1.29, 1.82) is 0 Å². The fraction of sp³-hybridized carbons (Fsp3) is 0.238. The summed E-state index contributed by atoms with van der Waals surface area (Å²) < 4.78 is 51.7. The number of nitrogens with zero attached hydrogens (tertiary/aromatic N) is 2. The summed E-state index contributed by atoms with van der Waals surface area (Å²) in [5.74, 6) is -0.426. The molecule has 0 saturated heterocycles. The maximum absolute atomic E-state index is 13.6. The Labute approximate surface area is 169 Å². The molecular formula is C21H16ClF4N3. The van der Waals surface area contributed by atoms with Gasteiger partial charge in [-0.3, -0.25) is 0 Å². The Morgan fingerprint density at radius 2 is 1.83 bits per heavy atom. The van der Waals surface area contributed by atoms with Crippen molar-refractivity contribution in [2.45, 2.75) is 25.1 Å². The van der Waals surface area contributed by atoms with Gasteiger partial charge in [0, 0.05) is 18.0 Å². The lowest BCUT2D eigenvalue weighted by atomic mass is 9.85. The first kappa shape index (κ1) is 19.8. The first-order valence-electron chi connectivity index (χ1n) is 9.03. The molecule has 8 heteroatoms. The van der Waals surface area contributed by atoms with Crippen LogP contribution in [-0.2, 0) is 12.7 Å². The van der Waals surface area contributed by atoms with Gasteiger partial charge < -0.3 is 5.32 Å². The van der Waals surface area contributed by atoms with Gasteiger partial charge in [0.2, 0.25) is 0 Å². The van der Waals surface area contributed by atoms with Gasteiger partial charge in [-0.1, -0.05) is 29.8 Å². The summed E-state index contributed by atoms with van der Waals surface area (Å²) in [6.45, 7) is 1.38. The molecular weight excluding hydrogens is 406 g/mol. The third-order valence-electron chi connectivity index (χ3n) is 5.04. The van der Waals surface area contributed by atoms with Gasteiger partial charge in [0.15, 0.2) is 5.69 Å². The Morgan fingerprint density at radius 1 is 1.00 bits per heavy atom. The molecule has 4 rings (SSSR count). The molecule has 0 fully saturated rings. The number of nitrogens with one attached hydrogen (secondary N) is 1. The Bertz CT molecular complexity index is 1040. The number of benzene rings is 2. The van der Waals surface area contributed by atoms with Crippen LogP contribution in [0.2, 0.25) is 5.02 Å². The third-order valence-corrected chi connectivity index (χ3v) is 5.33. The van der Waals surface area contributed by atoms with Gasteiger partial charge in [-0.2, -0.15) is 13.2 Å². The van der Waals surface area contributed by atoms with E-state index in [1.807, 2.05) is 18.2 Å². The SMILES string of the molecule is Fc1ccc([C@H]2CCNCc3cc(-c4ccc(C(F)(F)F)nn4)ccc32)cc1Cl. The lowest BCUT2D eigenvalue weighted by Crippen LogP contribution is -2.12. The maximum Gasteiger partial charge on any atom is 0.435 e. The molecule has 0 bridgehead atoms. The molecule has 1 aliphatic rings. The summed E-state index contributed by atoms with van der Waals surface area (Å²) in [7, 11) is 0. The minimum Gasteiger partial charge on any atom is -0.313 e. The van der Waals surface area contributed by atoms with Crippen molar-refractivity contribution in [2.75, 3.05) is 6.54 Å². The summed E-state index contributed by atoms with van der Waals surface area (Å²) >= 11 is 5.97. The van der Waals surface area contributed by atoms with Crippen molar-refractivity contribution in [1.82, 2.24) is 15.5 Å². The third kappa shape index (κ3) is 4.11. The van der Waals surface area contributed by atoms with Gasteiger partial charge in [-0.25, -0.2) is 4.39 Å². The van der Waals surface area contributed by atoms with Crippen LogP contribution >= 0.6 is 11.6 Å². The Balaban J connectivity index is 1.70. The highest BCUT2D eigenvalue weighted by molar-refractivity contribution is 6.30. The van der Waals surface area contributed by atoms with Crippen LogP contribution < -0.4 is 5.32 Å². The fourth-order valence-electron chi connectivity index (χ4n) is 3.60. The quantitative estimate of drug-likeness (QED) is 0.549. The molecule has 1 aliphatic heterocycles. The predicted octanol–water partition coefficient (Wildman–Crippen LogP) is 5.58. The van der Waals surface area contributed by atoms with Crippen LogP contribution in [0.5, 0.6) is 0 Å². The number of aromatic nitrogens is 2. The highest BCUT2D eigenvalue weighted by Gasteiger charge is 2.33. The molecule has 2 aromatic carbocycles. The Kier molecular flexibility index (Phi) is 5.27. The fourth-order valence-corrected chi connectivity index (χ4v) is 3.78. The predicted molar refractivity (Wildman–Crippen MR) is 102 cm³/mol. The van der Waals surface area contributed by atoms with E-state index in [9.17, 15) is 17.6 Å². The van der Waals surface area contributed by atoms with E-state index < -0.39 is 17.7 Å². The van der Waals surface area contributed by atoms with Crippen LogP contribution in [-0.4, -0.2) is 16.7 Å². The lowest BCUT2D eigenvalue weighted by molar-refractivity contribution is -0.141. The topological polar surface area (TPSA) is 37.8 Å². The number of fused-ring (bicyclic) bond motifs is 1. The average Bonchev–Trinajstić information content (AvgIpc) is 2.91. The van der Waals surface area contributed by atoms with Crippen molar-refractivity contribution < 1.29 is 17.6 Å². The van der Waals surface area contributed by atoms with Crippen LogP contribution in [0.1, 0.15) is 34.7 Å². The number of halogens is 5. The molecule has 2 heterocycles. The number of hydrogen-bond donors (Lipinski definition) is 1.